The van der Waals surface area contributed by atoms with Crippen LogP contribution in [0, 0.1) is 5.92 Å². The molecule has 8 rings (SSSR count). The zero-order chi connectivity index (χ0) is 28.2. The minimum absolute atomic E-state index is 0.534. The van der Waals surface area contributed by atoms with Crippen LogP contribution in [0.3, 0.4) is 0 Å². The second-order valence-corrected chi connectivity index (χ2v) is 11.5. The number of H-pyrrole nitrogens is 1. The van der Waals surface area contributed by atoms with E-state index >= 15 is 0 Å². The van der Waals surface area contributed by atoms with Gasteiger partial charge >= 0.3 is 0 Å². The maximum Gasteiger partial charge on any atom is 0.145 e. The van der Waals surface area contributed by atoms with Crippen LogP contribution in [-0.4, -0.2) is 19.5 Å². The highest BCUT2D eigenvalue weighted by Crippen LogP contribution is 2.36. The van der Waals surface area contributed by atoms with Gasteiger partial charge in [-0.05, 0) is 66.4 Å². The molecule has 42 heavy (non-hydrogen) atoms. The number of nitrogens with one attached hydrogen (secondary N) is 1. The normalized spacial score (nSPS) is 11.9. The molecule has 0 amide bonds. The van der Waals surface area contributed by atoms with Gasteiger partial charge in [-0.1, -0.05) is 80.6 Å². The van der Waals surface area contributed by atoms with Crippen molar-refractivity contribution in [3.8, 4) is 28.2 Å². The first-order chi connectivity index (χ1) is 20.6. The predicted molar refractivity (Wildman–Crippen MR) is 175 cm³/mol. The number of hydrogen-bond acceptors (Lipinski definition) is 2. The van der Waals surface area contributed by atoms with E-state index < -0.39 is 0 Å². The SMILES string of the molecule is CC(C)Cc1cc(-c2cccc(-n3c4ccccc4c4cccnc43)c2)nc(-c2cccc3c2[nH]c2ccccc23)c1. The summed E-state index contributed by atoms with van der Waals surface area (Å²) in [6.45, 7) is 4.54. The van der Waals surface area contributed by atoms with Gasteiger partial charge in [-0.25, -0.2) is 9.97 Å². The zero-order valence-corrected chi connectivity index (χ0v) is 23.7. The van der Waals surface area contributed by atoms with Gasteiger partial charge < -0.3 is 4.98 Å². The Kier molecular flexibility index (Phi) is 5.68. The van der Waals surface area contributed by atoms with Crippen LogP contribution in [-0.2, 0) is 6.42 Å². The van der Waals surface area contributed by atoms with Crippen LogP contribution in [0.1, 0.15) is 19.4 Å². The van der Waals surface area contributed by atoms with Crippen molar-refractivity contribution >= 4 is 43.7 Å². The third-order valence-corrected chi connectivity index (χ3v) is 8.18. The molecule has 0 bridgehead atoms. The molecule has 202 valence electrons. The lowest BCUT2D eigenvalue weighted by atomic mass is 9.98. The van der Waals surface area contributed by atoms with Gasteiger partial charge in [0.2, 0.25) is 0 Å². The molecule has 0 aliphatic rings. The first-order valence-electron chi connectivity index (χ1n) is 14.6. The van der Waals surface area contributed by atoms with Gasteiger partial charge in [0, 0.05) is 50.1 Å². The fourth-order valence-corrected chi connectivity index (χ4v) is 6.41. The lowest BCUT2D eigenvalue weighted by Crippen LogP contribution is -1.99. The van der Waals surface area contributed by atoms with Crippen LogP contribution in [0.4, 0.5) is 0 Å². The summed E-state index contributed by atoms with van der Waals surface area (Å²) in [5.74, 6) is 0.534. The molecule has 0 aliphatic carbocycles. The quantitative estimate of drug-likeness (QED) is 0.235. The fraction of sp³-hybridized carbons (Fsp3) is 0.105. The Morgan fingerprint density at radius 2 is 1.45 bits per heavy atom. The van der Waals surface area contributed by atoms with E-state index in [0.29, 0.717) is 5.92 Å². The number of rotatable bonds is 5. The molecule has 0 spiro atoms. The van der Waals surface area contributed by atoms with Gasteiger partial charge in [0.15, 0.2) is 0 Å². The first kappa shape index (κ1) is 24.6. The minimum atomic E-state index is 0.534. The molecule has 4 nitrogen and oxygen atoms in total. The van der Waals surface area contributed by atoms with Crippen LogP contribution in [0.15, 0.2) is 121 Å². The van der Waals surface area contributed by atoms with Crippen LogP contribution < -0.4 is 0 Å². The summed E-state index contributed by atoms with van der Waals surface area (Å²) in [7, 11) is 0. The van der Waals surface area contributed by atoms with Gasteiger partial charge in [-0.3, -0.25) is 4.57 Å². The highest BCUT2D eigenvalue weighted by atomic mass is 15.0. The smallest absolute Gasteiger partial charge is 0.145 e. The number of pyridine rings is 2. The van der Waals surface area contributed by atoms with E-state index in [0.717, 1.165) is 62.2 Å². The number of nitrogens with zero attached hydrogens (tertiary/aromatic N) is 3. The van der Waals surface area contributed by atoms with Gasteiger partial charge in [-0.15, -0.1) is 0 Å². The maximum absolute atomic E-state index is 5.30. The molecule has 0 aliphatic heterocycles. The number of aromatic nitrogens is 4. The van der Waals surface area contributed by atoms with Crippen molar-refractivity contribution < 1.29 is 0 Å². The molecule has 0 radical (unpaired) electrons. The topological polar surface area (TPSA) is 46.5 Å². The van der Waals surface area contributed by atoms with Crippen molar-refractivity contribution in [2.45, 2.75) is 20.3 Å². The lowest BCUT2D eigenvalue weighted by molar-refractivity contribution is 0.647. The van der Waals surface area contributed by atoms with Crippen LogP contribution in [0.2, 0.25) is 0 Å². The van der Waals surface area contributed by atoms with Crippen LogP contribution in [0.25, 0.3) is 71.9 Å². The fourth-order valence-electron chi connectivity index (χ4n) is 6.41. The molecule has 0 unspecified atom stereocenters. The largest absolute Gasteiger partial charge is 0.354 e. The summed E-state index contributed by atoms with van der Waals surface area (Å²) in [4.78, 5) is 13.8. The van der Waals surface area contributed by atoms with Crippen molar-refractivity contribution in [1.29, 1.82) is 0 Å². The van der Waals surface area contributed by atoms with Crippen molar-refractivity contribution in [3.63, 3.8) is 0 Å². The van der Waals surface area contributed by atoms with Gasteiger partial charge in [0.25, 0.3) is 0 Å². The summed E-state index contributed by atoms with van der Waals surface area (Å²) < 4.78 is 2.26. The Balaban J connectivity index is 1.32. The van der Waals surface area contributed by atoms with E-state index in [2.05, 4.69) is 133 Å². The van der Waals surface area contributed by atoms with Gasteiger partial charge in [-0.2, -0.15) is 0 Å². The summed E-state index contributed by atoms with van der Waals surface area (Å²) in [5.41, 5.74) is 10.9. The summed E-state index contributed by atoms with van der Waals surface area (Å²) in [5, 5.41) is 4.82. The monoisotopic (exact) mass is 542 g/mol. The molecule has 0 atom stereocenters. The number of hydrogen-bond donors (Lipinski definition) is 1. The van der Waals surface area contributed by atoms with Crippen LogP contribution >= 0.6 is 0 Å². The highest BCUT2D eigenvalue weighted by molar-refractivity contribution is 6.11. The first-order valence-corrected chi connectivity index (χ1v) is 14.6. The molecule has 4 aromatic carbocycles. The molecule has 8 aromatic rings. The lowest BCUT2D eigenvalue weighted by Gasteiger charge is -2.13. The second kappa shape index (κ2) is 9.71. The van der Waals surface area contributed by atoms with E-state index in [1.54, 1.807) is 0 Å². The predicted octanol–water partition coefficient (Wildman–Crippen LogP) is 9.74. The second-order valence-electron chi connectivity index (χ2n) is 11.5. The Morgan fingerprint density at radius 1 is 0.690 bits per heavy atom. The molecule has 4 aromatic heterocycles. The molecular weight excluding hydrogens is 512 g/mol. The maximum atomic E-state index is 5.30. The third-order valence-electron chi connectivity index (χ3n) is 8.18. The standard InChI is InChI=1S/C38H30N4/c1-24(2)20-25-21-34(40-35(22-25)32-15-8-14-30-28-12-3-5-17-33(28)41-37(30)32)26-10-7-11-27(23-26)42-36-18-6-4-13-29(36)31-16-9-19-39-38(31)42/h3-19,21-24,41H,20H2,1-2H3. The van der Waals surface area contributed by atoms with Crippen molar-refractivity contribution in [1.82, 2.24) is 19.5 Å². The van der Waals surface area contributed by atoms with E-state index in [-0.39, 0.29) is 0 Å². The average Bonchev–Trinajstić information content (AvgIpc) is 3.57. The van der Waals surface area contributed by atoms with Crippen molar-refractivity contribution in [2.75, 3.05) is 0 Å². The Morgan fingerprint density at radius 3 is 2.36 bits per heavy atom. The highest BCUT2D eigenvalue weighted by Gasteiger charge is 2.16. The van der Waals surface area contributed by atoms with Gasteiger partial charge in [0.1, 0.15) is 5.65 Å². The van der Waals surface area contributed by atoms with Crippen molar-refractivity contribution in [2.24, 2.45) is 5.92 Å². The summed E-state index contributed by atoms with van der Waals surface area (Å²) in [6.07, 6.45) is 2.86. The zero-order valence-electron chi connectivity index (χ0n) is 23.7. The van der Waals surface area contributed by atoms with Crippen molar-refractivity contribution in [3.05, 3.63) is 127 Å². The molecule has 4 heterocycles. The number of benzene rings is 4. The third kappa shape index (κ3) is 3.99. The van der Waals surface area contributed by atoms with Crippen LogP contribution in [0.5, 0.6) is 0 Å². The summed E-state index contributed by atoms with van der Waals surface area (Å²) in [6, 6.07) is 40.9. The number of aromatic amines is 1. The Bertz CT molecular complexity index is 2210. The van der Waals surface area contributed by atoms with E-state index in [4.69, 9.17) is 9.97 Å². The minimum Gasteiger partial charge on any atom is -0.354 e. The van der Waals surface area contributed by atoms with E-state index in [9.17, 15) is 0 Å². The average molecular weight is 543 g/mol. The molecule has 4 heteroatoms. The number of fused-ring (bicyclic) bond motifs is 6. The molecule has 1 N–H and O–H groups in total. The molecule has 0 fully saturated rings. The number of para-hydroxylation sites is 3. The summed E-state index contributed by atoms with van der Waals surface area (Å²) >= 11 is 0. The van der Waals surface area contributed by atoms with E-state index in [1.807, 2.05) is 12.3 Å². The Labute approximate surface area is 244 Å². The molecule has 0 saturated carbocycles. The van der Waals surface area contributed by atoms with Gasteiger partial charge in [0.05, 0.1) is 22.4 Å². The molecular formula is C38H30N4. The molecule has 0 saturated heterocycles. The Hall–Kier alpha value is -5.22. The van der Waals surface area contributed by atoms with E-state index in [1.165, 1.54) is 21.7 Å².